The van der Waals surface area contributed by atoms with Gasteiger partial charge in [-0.25, -0.2) is 9.80 Å². The number of para-hydroxylation sites is 1. The van der Waals surface area contributed by atoms with Crippen LogP contribution in [-0.4, -0.2) is 42.7 Å². The van der Waals surface area contributed by atoms with E-state index in [1.807, 2.05) is 0 Å². The maximum absolute atomic E-state index is 12.2. The standard InChI is InChI=1S/C14H15N3O4/c1-17-12(18)8-7-11(16-17)13(19)15-10-6-4-3-5-9(10)14(20)21-2/h3-6H,7-8H2,1-2H3,(H,15,19). The summed E-state index contributed by atoms with van der Waals surface area (Å²) in [6.45, 7) is 0. The number of benzene rings is 1. The number of esters is 1. The maximum Gasteiger partial charge on any atom is 0.339 e. The molecule has 0 saturated heterocycles. The molecule has 0 atom stereocenters. The van der Waals surface area contributed by atoms with Crippen molar-refractivity contribution in [3.63, 3.8) is 0 Å². The van der Waals surface area contributed by atoms with Gasteiger partial charge in [-0.3, -0.25) is 9.59 Å². The van der Waals surface area contributed by atoms with E-state index in [2.05, 4.69) is 15.2 Å². The summed E-state index contributed by atoms with van der Waals surface area (Å²) in [6.07, 6.45) is 0.511. The molecule has 7 nitrogen and oxygen atoms in total. The third-order valence-electron chi connectivity index (χ3n) is 3.05. The van der Waals surface area contributed by atoms with Crippen LogP contribution in [0.25, 0.3) is 0 Å². The molecule has 1 aliphatic rings. The van der Waals surface area contributed by atoms with Crippen molar-refractivity contribution in [1.29, 1.82) is 0 Å². The lowest BCUT2D eigenvalue weighted by molar-refractivity contribution is -0.130. The lowest BCUT2D eigenvalue weighted by Gasteiger charge is -2.19. The van der Waals surface area contributed by atoms with Gasteiger partial charge in [0.1, 0.15) is 5.71 Å². The van der Waals surface area contributed by atoms with E-state index in [1.54, 1.807) is 24.3 Å². The van der Waals surface area contributed by atoms with Crippen LogP contribution in [0.15, 0.2) is 29.4 Å². The molecule has 7 heteroatoms. The Bertz CT molecular complexity index is 624. The average molecular weight is 289 g/mol. The number of nitrogens with one attached hydrogen (secondary N) is 1. The molecule has 2 amide bonds. The summed E-state index contributed by atoms with van der Waals surface area (Å²) in [5.74, 6) is -1.11. The van der Waals surface area contributed by atoms with Gasteiger partial charge in [0, 0.05) is 19.9 Å². The minimum Gasteiger partial charge on any atom is -0.465 e. The average Bonchev–Trinajstić information content (AvgIpc) is 2.49. The van der Waals surface area contributed by atoms with Gasteiger partial charge in [0.25, 0.3) is 5.91 Å². The summed E-state index contributed by atoms with van der Waals surface area (Å²) >= 11 is 0. The highest BCUT2D eigenvalue weighted by Gasteiger charge is 2.23. The molecule has 0 bridgehead atoms. The number of hydrogen-bond acceptors (Lipinski definition) is 5. The fourth-order valence-corrected chi connectivity index (χ4v) is 1.91. The van der Waals surface area contributed by atoms with Crippen molar-refractivity contribution < 1.29 is 19.1 Å². The van der Waals surface area contributed by atoms with Crippen LogP contribution in [0, 0.1) is 0 Å². The van der Waals surface area contributed by atoms with Crippen molar-refractivity contribution in [1.82, 2.24) is 5.01 Å². The smallest absolute Gasteiger partial charge is 0.339 e. The number of rotatable bonds is 3. The van der Waals surface area contributed by atoms with Gasteiger partial charge in [0.15, 0.2) is 0 Å². The predicted molar refractivity (Wildman–Crippen MR) is 75.9 cm³/mol. The fraction of sp³-hybridized carbons (Fsp3) is 0.286. The normalized spacial score (nSPS) is 14.5. The van der Waals surface area contributed by atoms with E-state index in [9.17, 15) is 14.4 Å². The number of hydrogen-bond donors (Lipinski definition) is 1. The highest BCUT2D eigenvalue weighted by molar-refractivity contribution is 6.43. The van der Waals surface area contributed by atoms with Gasteiger partial charge < -0.3 is 10.1 Å². The Kier molecular flexibility index (Phi) is 4.32. The zero-order chi connectivity index (χ0) is 15.4. The predicted octanol–water partition coefficient (Wildman–Crippen LogP) is 1.02. The Balaban J connectivity index is 2.19. The zero-order valence-electron chi connectivity index (χ0n) is 11.8. The molecular weight excluding hydrogens is 274 g/mol. The van der Waals surface area contributed by atoms with Gasteiger partial charge in [0.2, 0.25) is 5.91 Å². The SMILES string of the molecule is COC(=O)c1ccccc1NC(=O)C1=NN(C)C(=O)CC1. The third kappa shape index (κ3) is 3.25. The van der Waals surface area contributed by atoms with Crippen molar-refractivity contribution in [3.05, 3.63) is 29.8 Å². The molecule has 0 spiro atoms. The Hall–Kier alpha value is -2.70. The molecule has 0 radical (unpaired) electrons. The number of hydrazone groups is 1. The fourth-order valence-electron chi connectivity index (χ4n) is 1.91. The van der Waals surface area contributed by atoms with E-state index < -0.39 is 11.9 Å². The molecule has 21 heavy (non-hydrogen) atoms. The van der Waals surface area contributed by atoms with E-state index in [4.69, 9.17) is 0 Å². The van der Waals surface area contributed by atoms with Crippen LogP contribution in [-0.2, 0) is 14.3 Å². The minimum atomic E-state index is -0.538. The number of methoxy groups -OCH3 is 1. The Morgan fingerprint density at radius 3 is 2.67 bits per heavy atom. The topological polar surface area (TPSA) is 88.1 Å². The van der Waals surface area contributed by atoms with Crippen molar-refractivity contribution in [3.8, 4) is 0 Å². The summed E-state index contributed by atoms with van der Waals surface area (Å²) < 4.78 is 4.66. The number of ether oxygens (including phenoxy) is 1. The largest absolute Gasteiger partial charge is 0.465 e. The van der Waals surface area contributed by atoms with Crippen LogP contribution < -0.4 is 5.32 Å². The van der Waals surface area contributed by atoms with Gasteiger partial charge in [-0.2, -0.15) is 5.10 Å². The molecule has 0 aliphatic carbocycles. The van der Waals surface area contributed by atoms with E-state index in [1.165, 1.54) is 14.2 Å². The molecule has 0 fully saturated rings. The van der Waals surface area contributed by atoms with Gasteiger partial charge in [-0.05, 0) is 12.1 Å². The second-order valence-corrected chi connectivity index (χ2v) is 4.46. The number of anilines is 1. The molecule has 0 unspecified atom stereocenters. The van der Waals surface area contributed by atoms with Crippen LogP contribution in [0.4, 0.5) is 5.69 Å². The Morgan fingerprint density at radius 1 is 1.29 bits per heavy atom. The molecule has 1 aliphatic heterocycles. The van der Waals surface area contributed by atoms with Gasteiger partial charge in [0.05, 0.1) is 18.4 Å². The monoisotopic (exact) mass is 289 g/mol. The van der Waals surface area contributed by atoms with E-state index in [0.29, 0.717) is 5.69 Å². The number of carbonyl (C=O) groups excluding carboxylic acids is 3. The highest BCUT2D eigenvalue weighted by atomic mass is 16.5. The van der Waals surface area contributed by atoms with E-state index in [0.717, 1.165) is 5.01 Å². The van der Waals surface area contributed by atoms with E-state index in [-0.39, 0.29) is 30.0 Å². The third-order valence-corrected chi connectivity index (χ3v) is 3.05. The minimum absolute atomic E-state index is 0.137. The van der Waals surface area contributed by atoms with Gasteiger partial charge >= 0.3 is 5.97 Å². The van der Waals surface area contributed by atoms with Gasteiger partial charge in [-0.15, -0.1) is 0 Å². The van der Waals surface area contributed by atoms with Crippen LogP contribution in [0.3, 0.4) is 0 Å². The Labute approximate surface area is 121 Å². The zero-order valence-corrected chi connectivity index (χ0v) is 11.8. The first-order valence-electron chi connectivity index (χ1n) is 6.35. The van der Waals surface area contributed by atoms with Gasteiger partial charge in [-0.1, -0.05) is 12.1 Å². The lowest BCUT2D eigenvalue weighted by atomic mass is 10.1. The molecule has 1 heterocycles. The van der Waals surface area contributed by atoms with Crippen molar-refractivity contribution in [2.75, 3.05) is 19.5 Å². The molecule has 2 rings (SSSR count). The second-order valence-electron chi connectivity index (χ2n) is 4.46. The summed E-state index contributed by atoms with van der Waals surface area (Å²) in [4.78, 5) is 35.1. The highest BCUT2D eigenvalue weighted by Crippen LogP contribution is 2.17. The molecule has 0 saturated carbocycles. The molecule has 1 aromatic carbocycles. The summed E-state index contributed by atoms with van der Waals surface area (Å²) in [5.41, 5.74) is 0.850. The second kappa shape index (κ2) is 6.17. The molecule has 110 valence electrons. The van der Waals surface area contributed by atoms with Crippen molar-refractivity contribution in [2.45, 2.75) is 12.8 Å². The first-order valence-corrected chi connectivity index (χ1v) is 6.35. The van der Waals surface area contributed by atoms with Crippen LogP contribution in [0.1, 0.15) is 23.2 Å². The van der Waals surface area contributed by atoms with Crippen LogP contribution in [0.5, 0.6) is 0 Å². The van der Waals surface area contributed by atoms with Crippen LogP contribution >= 0.6 is 0 Å². The molecule has 1 N–H and O–H groups in total. The number of carbonyl (C=O) groups is 3. The summed E-state index contributed by atoms with van der Waals surface area (Å²) in [6, 6.07) is 6.52. The quantitative estimate of drug-likeness (QED) is 0.841. The summed E-state index contributed by atoms with van der Waals surface area (Å²) in [7, 11) is 2.77. The number of amides is 2. The molecule has 1 aromatic rings. The lowest BCUT2D eigenvalue weighted by Crippen LogP contribution is -2.34. The van der Waals surface area contributed by atoms with Crippen molar-refractivity contribution in [2.24, 2.45) is 5.10 Å². The first kappa shape index (κ1) is 14.7. The molecule has 0 aromatic heterocycles. The summed E-state index contributed by atoms with van der Waals surface area (Å²) in [5, 5.41) is 7.69. The molecular formula is C14H15N3O4. The van der Waals surface area contributed by atoms with Crippen molar-refractivity contribution >= 4 is 29.2 Å². The first-order chi connectivity index (χ1) is 10.0. The van der Waals surface area contributed by atoms with E-state index >= 15 is 0 Å². The number of nitrogens with zero attached hydrogens (tertiary/aromatic N) is 2. The Morgan fingerprint density at radius 2 is 2.00 bits per heavy atom. The van der Waals surface area contributed by atoms with Crippen LogP contribution in [0.2, 0.25) is 0 Å². The maximum atomic E-state index is 12.2.